The van der Waals surface area contributed by atoms with Gasteiger partial charge in [0.1, 0.15) is 0 Å². The maximum Gasteiger partial charge on any atom is 0.413 e. The van der Waals surface area contributed by atoms with Crippen LogP contribution in [0.25, 0.3) is 29.6 Å². The number of rotatable bonds is 5. The Hall–Kier alpha value is -4.60. The fourth-order valence-electron chi connectivity index (χ4n) is 4.20. The monoisotopic (exact) mass is 506 g/mol. The Labute approximate surface area is 207 Å². The van der Waals surface area contributed by atoms with Gasteiger partial charge < -0.3 is 0 Å². The van der Waals surface area contributed by atoms with Crippen LogP contribution in [0.5, 0.6) is 0 Å². The number of benzene rings is 2. The smallest absolute Gasteiger partial charge is 0.297 e. The molecule has 1 aliphatic carbocycles. The van der Waals surface area contributed by atoms with E-state index in [-0.39, 0.29) is 17.7 Å². The SMILES string of the molecule is C=c1/c(=C/C2=CC=C(C(F)(F)F)C2)nc2c(Cc3ccccc3)nc(-c3cccc([N+](=O)[O-])c3F)cn12. The van der Waals surface area contributed by atoms with Crippen LogP contribution in [0.1, 0.15) is 17.7 Å². The first-order valence-corrected chi connectivity index (χ1v) is 11.1. The predicted octanol–water partition coefficient (Wildman–Crippen LogP) is 5.04. The van der Waals surface area contributed by atoms with Crippen molar-refractivity contribution in [2.45, 2.75) is 19.0 Å². The highest BCUT2D eigenvalue weighted by molar-refractivity contribution is 5.66. The zero-order chi connectivity index (χ0) is 26.3. The molecule has 0 amide bonds. The Morgan fingerprint density at radius 1 is 1.08 bits per heavy atom. The van der Waals surface area contributed by atoms with Crippen molar-refractivity contribution < 1.29 is 22.5 Å². The molecule has 2 aromatic carbocycles. The van der Waals surface area contributed by atoms with E-state index in [1.54, 1.807) is 4.40 Å². The van der Waals surface area contributed by atoms with Crippen LogP contribution < -0.4 is 10.7 Å². The van der Waals surface area contributed by atoms with Gasteiger partial charge in [-0.3, -0.25) is 14.5 Å². The van der Waals surface area contributed by atoms with Crippen LogP contribution >= 0.6 is 0 Å². The van der Waals surface area contributed by atoms with Crippen LogP contribution in [0.3, 0.4) is 0 Å². The Kier molecular flexibility index (Phi) is 5.94. The van der Waals surface area contributed by atoms with E-state index in [0.717, 1.165) is 17.7 Å². The molecule has 5 rings (SSSR count). The van der Waals surface area contributed by atoms with Gasteiger partial charge in [0.05, 0.1) is 27.0 Å². The van der Waals surface area contributed by atoms with Crippen LogP contribution in [0.15, 0.2) is 78.0 Å². The third-order valence-electron chi connectivity index (χ3n) is 6.05. The highest BCUT2D eigenvalue weighted by Gasteiger charge is 2.34. The molecule has 10 heteroatoms. The molecule has 0 spiro atoms. The van der Waals surface area contributed by atoms with Gasteiger partial charge in [-0.2, -0.15) is 17.6 Å². The molecule has 0 atom stereocenters. The highest BCUT2D eigenvalue weighted by atomic mass is 19.4. The second-order valence-electron chi connectivity index (χ2n) is 8.52. The molecule has 0 aliphatic heterocycles. The van der Waals surface area contributed by atoms with Crippen LogP contribution in [0.4, 0.5) is 23.2 Å². The van der Waals surface area contributed by atoms with Gasteiger partial charge in [-0.15, -0.1) is 0 Å². The maximum atomic E-state index is 15.0. The van der Waals surface area contributed by atoms with E-state index in [4.69, 9.17) is 0 Å². The minimum absolute atomic E-state index is 0.0680. The van der Waals surface area contributed by atoms with Crippen molar-refractivity contribution in [3.8, 4) is 11.3 Å². The number of fused-ring (bicyclic) bond motifs is 1. The standard InChI is InChI=1S/C27H18F4N4O2/c1-16-21(14-18-10-11-19(12-18)27(29,30)31)33-26-22(13-17-6-3-2-4-7-17)32-23(15-34(16)26)20-8-5-9-24(25(20)28)35(36)37/h2-11,14-15H,1,12-13H2/b21-14-. The molecule has 0 unspecified atom stereocenters. The lowest BCUT2D eigenvalue weighted by atomic mass is 10.1. The molecule has 1 aliphatic rings. The second kappa shape index (κ2) is 9.12. The fraction of sp³-hybridized carbons (Fsp3) is 0.111. The van der Waals surface area contributed by atoms with Gasteiger partial charge in [0.15, 0.2) is 5.65 Å². The molecule has 0 N–H and O–H groups in total. The van der Waals surface area contributed by atoms with E-state index in [9.17, 15) is 23.3 Å². The maximum absolute atomic E-state index is 15.0. The third-order valence-corrected chi connectivity index (χ3v) is 6.05. The first kappa shape index (κ1) is 24.1. The van der Waals surface area contributed by atoms with Crippen LogP contribution in [0, 0.1) is 15.9 Å². The van der Waals surface area contributed by atoms with E-state index in [1.165, 1.54) is 30.5 Å². The molecule has 4 aromatic rings. The van der Waals surface area contributed by atoms with Crippen molar-refractivity contribution in [1.29, 1.82) is 0 Å². The first-order chi connectivity index (χ1) is 17.6. The topological polar surface area (TPSA) is 73.3 Å². The Bertz CT molecular complexity index is 1720. The highest BCUT2D eigenvalue weighted by Crippen LogP contribution is 2.34. The number of allylic oxidation sites excluding steroid dienone is 4. The van der Waals surface area contributed by atoms with Gasteiger partial charge in [0.25, 0.3) is 0 Å². The summed E-state index contributed by atoms with van der Waals surface area (Å²) in [5.41, 5.74) is 0.901. The summed E-state index contributed by atoms with van der Waals surface area (Å²) >= 11 is 0. The van der Waals surface area contributed by atoms with Crippen molar-refractivity contribution in [3.63, 3.8) is 0 Å². The number of imidazole rings is 1. The van der Waals surface area contributed by atoms with E-state index < -0.39 is 28.2 Å². The lowest BCUT2D eigenvalue weighted by Gasteiger charge is -2.09. The van der Waals surface area contributed by atoms with Gasteiger partial charge in [-0.25, -0.2) is 9.97 Å². The van der Waals surface area contributed by atoms with Crippen molar-refractivity contribution in [2.24, 2.45) is 0 Å². The van der Waals surface area contributed by atoms with Gasteiger partial charge in [0, 0.05) is 36.2 Å². The molecule has 2 heterocycles. The molecule has 6 nitrogen and oxygen atoms in total. The van der Waals surface area contributed by atoms with Gasteiger partial charge in [-0.1, -0.05) is 55.1 Å². The summed E-state index contributed by atoms with van der Waals surface area (Å²) in [6, 6.07) is 13.2. The number of hydrogen-bond donors (Lipinski definition) is 0. The summed E-state index contributed by atoms with van der Waals surface area (Å²) in [4.78, 5) is 19.7. The molecule has 0 bridgehead atoms. The average molecular weight is 506 g/mol. The zero-order valence-corrected chi connectivity index (χ0v) is 19.2. The van der Waals surface area contributed by atoms with Gasteiger partial charge >= 0.3 is 11.9 Å². The van der Waals surface area contributed by atoms with Gasteiger partial charge in [-0.05, 0) is 23.3 Å². The van der Waals surface area contributed by atoms with Crippen molar-refractivity contribution in [3.05, 3.63) is 116 Å². The Balaban J connectivity index is 1.68. The average Bonchev–Trinajstić information content (AvgIpc) is 3.45. The van der Waals surface area contributed by atoms with E-state index in [2.05, 4.69) is 16.5 Å². The molecular weight excluding hydrogens is 488 g/mol. The Morgan fingerprint density at radius 3 is 2.51 bits per heavy atom. The van der Waals surface area contributed by atoms with Crippen LogP contribution in [-0.2, 0) is 6.42 Å². The lowest BCUT2D eigenvalue weighted by Crippen LogP contribution is -2.25. The molecule has 186 valence electrons. The number of nitro groups is 1. The number of hydrogen-bond acceptors (Lipinski definition) is 4. The summed E-state index contributed by atoms with van der Waals surface area (Å²) in [6.45, 7) is 4.04. The van der Waals surface area contributed by atoms with E-state index in [1.807, 2.05) is 30.3 Å². The first-order valence-electron chi connectivity index (χ1n) is 11.1. The minimum atomic E-state index is -4.41. The molecule has 0 fully saturated rings. The quantitative estimate of drug-likeness (QED) is 0.216. The third kappa shape index (κ3) is 4.65. The summed E-state index contributed by atoms with van der Waals surface area (Å²) in [5.74, 6) is -1.02. The summed E-state index contributed by atoms with van der Waals surface area (Å²) in [6.07, 6.45) is 1.05. The molecule has 0 radical (unpaired) electrons. The number of alkyl halides is 3. The summed E-state index contributed by atoms with van der Waals surface area (Å²) < 4.78 is 55.8. The second-order valence-corrected chi connectivity index (χ2v) is 8.52. The normalized spacial score (nSPS) is 14.2. The van der Waals surface area contributed by atoms with E-state index in [0.29, 0.717) is 34.0 Å². The van der Waals surface area contributed by atoms with Crippen molar-refractivity contribution >= 4 is 24.0 Å². The fourth-order valence-corrected chi connectivity index (χ4v) is 4.20. The molecule has 37 heavy (non-hydrogen) atoms. The lowest BCUT2D eigenvalue weighted by molar-refractivity contribution is -0.387. The van der Waals surface area contributed by atoms with Gasteiger partial charge in [0.2, 0.25) is 5.82 Å². The van der Waals surface area contributed by atoms with Crippen LogP contribution in [-0.4, -0.2) is 25.5 Å². The van der Waals surface area contributed by atoms with Crippen molar-refractivity contribution in [1.82, 2.24) is 14.4 Å². The molecule has 2 aromatic heterocycles. The summed E-state index contributed by atoms with van der Waals surface area (Å²) in [5, 5.41) is 12.0. The van der Waals surface area contributed by atoms with Crippen molar-refractivity contribution in [2.75, 3.05) is 0 Å². The molecule has 0 saturated carbocycles. The zero-order valence-electron chi connectivity index (χ0n) is 19.2. The number of nitrogens with zero attached hydrogens (tertiary/aromatic N) is 4. The number of nitro benzene ring substituents is 1. The summed E-state index contributed by atoms with van der Waals surface area (Å²) in [7, 11) is 0. The number of halogens is 4. The number of aromatic nitrogens is 3. The van der Waals surface area contributed by atoms with E-state index >= 15 is 4.39 Å². The molecule has 0 saturated heterocycles. The largest absolute Gasteiger partial charge is 0.413 e. The molecular formula is C27H18F4N4O2. The Morgan fingerprint density at radius 2 is 1.84 bits per heavy atom. The van der Waals surface area contributed by atoms with Crippen LogP contribution in [0.2, 0.25) is 0 Å². The minimum Gasteiger partial charge on any atom is -0.297 e. The predicted molar refractivity (Wildman–Crippen MR) is 130 cm³/mol.